The van der Waals surface area contributed by atoms with Gasteiger partial charge < -0.3 is 10.6 Å². The summed E-state index contributed by atoms with van der Waals surface area (Å²) >= 11 is 1.66. The van der Waals surface area contributed by atoms with Gasteiger partial charge in [-0.3, -0.25) is 9.69 Å². The Morgan fingerprint density at radius 3 is 2.68 bits per heavy atom. The van der Waals surface area contributed by atoms with E-state index in [9.17, 15) is 13.6 Å². The molecule has 1 unspecified atom stereocenters. The maximum absolute atomic E-state index is 12.3. The SMILES string of the molecule is CSCCC(N)C(=O)N1CCCN(CC(F)F)CC1. The van der Waals surface area contributed by atoms with Gasteiger partial charge in [-0.05, 0) is 24.9 Å². The Kier molecular flexibility index (Phi) is 7.63. The molecule has 0 aromatic carbocycles. The molecule has 112 valence electrons. The highest BCUT2D eigenvalue weighted by atomic mass is 32.2. The van der Waals surface area contributed by atoms with Crippen LogP contribution in [-0.4, -0.2) is 72.9 Å². The summed E-state index contributed by atoms with van der Waals surface area (Å²) in [4.78, 5) is 15.5. The lowest BCUT2D eigenvalue weighted by Crippen LogP contribution is -2.45. The van der Waals surface area contributed by atoms with E-state index in [2.05, 4.69) is 0 Å². The maximum atomic E-state index is 12.3. The molecule has 0 bridgehead atoms. The Morgan fingerprint density at radius 1 is 1.32 bits per heavy atom. The van der Waals surface area contributed by atoms with E-state index in [1.807, 2.05) is 6.26 Å². The minimum absolute atomic E-state index is 0.0482. The van der Waals surface area contributed by atoms with Crippen LogP contribution < -0.4 is 5.73 Å². The number of alkyl halides is 2. The Morgan fingerprint density at radius 2 is 2.05 bits per heavy atom. The lowest BCUT2D eigenvalue weighted by Gasteiger charge is -2.24. The zero-order chi connectivity index (χ0) is 14.3. The van der Waals surface area contributed by atoms with Crippen molar-refractivity contribution in [3.8, 4) is 0 Å². The Hall–Kier alpha value is -0.400. The normalized spacial score (nSPS) is 19.5. The van der Waals surface area contributed by atoms with Gasteiger partial charge in [0.2, 0.25) is 5.91 Å². The van der Waals surface area contributed by atoms with Gasteiger partial charge in [0.25, 0.3) is 6.43 Å². The first-order valence-corrected chi connectivity index (χ1v) is 7.97. The van der Waals surface area contributed by atoms with Crippen molar-refractivity contribution in [3.63, 3.8) is 0 Å². The highest BCUT2D eigenvalue weighted by molar-refractivity contribution is 7.98. The highest BCUT2D eigenvalue weighted by Crippen LogP contribution is 2.09. The Labute approximate surface area is 117 Å². The number of carbonyl (C=O) groups excluding carboxylic acids is 1. The monoisotopic (exact) mass is 295 g/mol. The molecular weight excluding hydrogens is 272 g/mol. The number of thioether (sulfide) groups is 1. The number of nitrogens with zero attached hydrogens (tertiary/aromatic N) is 2. The van der Waals surface area contributed by atoms with Crippen molar-refractivity contribution in [2.75, 3.05) is 44.7 Å². The third kappa shape index (κ3) is 6.05. The molecule has 0 spiro atoms. The molecule has 1 atom stereocenters. The number of halogens is 2. The first kappa shape index (κ1) is 16.7. The standard InChI is InChI=1S/C12H23F2N3OS/c1-19-8-3-10(15)12(18)17-5-2-4-16(6-7-17)9-11(13)14/h10-11H,2-9,15H2,1H3. The van der Waals surface area contributed by atoms with Gasteiger partial charge in [0.05, 0.1) is 12.6 Å². The molecule has 1 saturated heterocycles. The average Bonchev–Trinajstić information content (AvgIpc) is 2.60. The third-order valence-electron chi connectivity index (χ3n) is 3.25. The Balaban J connectivity index is 2.41. The van der Waals surface area contributed by atoms with E-state index in [-0.39, 0.29) is 12.5 Å². The van der Waals surface area contributed by atoms with Crippen LogP contribution in [0, 0.1) is 0 Å². The molecule has 0 aromatic rings. The van der Waals surface area contributed by atoms with Crippen LogP contribution >= 0.6 is 11.8 Å². The van der Waals surface area contributed by atoms with Gasteiger partial charge in [0.1, 0.15) is 0 Å². The number of nitrogens with two attached hydrogens (primary N) is 1. The van der Waals surface area contributed by atoms with E-state index in [1.165, 1.54) is 0 Å². The van der Waals surface area contributed by atoms with Crippen LogP contribution in [0.2, 0.25) is 0 Å². The van der Waals surface area contributed by atoms with Crippen molar-refractivity contribution in [1.82, 2.24) is 9.80 Å². The van der Waals surface area contributed by atoms with Crippen molar-refractivity contribution < 1.29 is 13.6 Å². The summed E-state index contributed by atoms with van der Waals surface area (Å²) in [6, 6.07) is -0.464. The van der Waals surface area contributed by atoms with Crippen LogP contribution in [0.15, 0.2) is 0 Å². The first-order valence-electron chi connectivity index (χ1n) is 6.58. The van der Waals surface area contributed by atoms with Gasteiger partial charge in [-0.1, -0.05) is 0 Å². The lowest BCUT2D eigenvalue weighted by atomic mass is 10.2. The zero-order valence-electron chi connectivity index (χ0n) is 11.4. The maximum Gasteiger partial charge on any atom is 0.251 e. The van der Waals surface area contributed by atoms with Crippen LogP contribution in [0.3, 0.4) is 0 Å². The fourth-order valence-electron chi connectivity index (χ4n) is 2.17. The summed E-state index contributed by atoms with van der Waals surface area (Å²) in [7, 11) is 0. The van der Waals surface area contributed by atoms with E-state index in [1.54, 1.807) is 21.6 Å². The average molecular weight is 295 g/mol. The molecule has 0 aromatic heterocycles. The second-order valence-corrected chi connectivity index (χ2v) is 5.74. The van der Waals surface area contributed by atoms with Gasteiger partial charge in [-0.15, -0.1) is 0 Å². The van der Waals surface area contributed by atoms with E-state index in [0.29, 0.717) is 32.6 Å². The van der Waals surface area contributed by atoms with E-state index in [0.717, 1.165) is 12.2 Å². The van der Waals surface area contributed by atoms with Gasteiger partial charge in [0.15, 0.2) is 0 Å². The van der Waals surface area contributed by atoms with Gasteiger partial charge in [0, 0.05) is 26.2 Å². The fourth-order valence-corrected chi connectivity index (χ4v) is 2.66. The van der Waals surface area contributed by atoms with Crippen molar-refractivity contribution in [3.05, 3.63) is 0 Å². The molecule has 2 N–H and O–H groups in total. The molecule has 1 fully saturated rings. The predicted molar refractivity (Wildman–Crippen MR) is 74.6 cm³/mol. The van der Waals surface area contributed by atoms with Crippen LogP contribution in [0.1, 0.15) is 12.8 Å². The molecule has 7 heteroatoms. The lowest BCUT2D eigenvalue weighted by molar-refractivity contribution is -0.132. The number of hydrogen-bond acceptors (Lipinski definition) is 4. The number of hydrogen-bond donors (Lipinski definition) is 1. The zero-order valence-corrected chi connectivity index (χ0v) is 12.2. The predicted octanol–water partition coefficient (Wildman–Crippen LogP) is 0.866. The summed E-state index contributed by atoms with van der Waals surface area (Å²) in [6.07, 6.45) is 1.06. The van der Waals surface area contributed by atoms with Gasteiger partial charge in [-0.25, -0.2) is 8.78 Å². The van der Waals surface area contributed by atoms with E-state index < -0.39 is 12.5 Å². The van der Waals surface area contributed by atoms with Crippen LogP contribution in [0.5, 0.6) is 0 Å². The molecule has 1 rings (SSSR count). The third-order valence-corrected chi connectivity index (χ3v) is 3.89. The summed E-state index contributed by atoms with van der Waals surface area (Å²) in [5, 5.41) is 0. The summed E-state index contributed by atoms with van der Waals surface area (Å²) in [5.41, 5.74) is 5.86. The minimum atomic E-state index is -2.31. The molecule has 1 amide bonds. The number of rotatable bonds is 6. The van der Waals surface area contributed by atoms with Crippen molar-refractivity contribution in [2.24, 2.45) is 5.73 Å². The molecule has 1 heterocycles. The van der Waals surface area contributed by atoms with E-state index in [4.69, 9.17) is 5.73 Å². The summed E-state index contributed by atoms with van der Waals surface area (Å²) < 4.78 is 24.7. The second kappa shape index (κ2) is 8.71. The van der Waals surface area contributed by atoms with Gasteiger partial charge >= 0.3 is 0 Å². The first-order chi connectivity index (χ1) is 9.04. The molecular formula is C12H23F2N3OS. The molecule has 0 saturated carbocycles. The topological polar surface area (TPSA) is 49.6 Å². The summed E-state index contributed by atoms with van der Waals surface area (Å²) in [6.45, 7) is 2.03. The van der Waals surface area contributed by atoms with Crippen LogP contribution in [0.4, 0.5) is 8.78 Å². The van der Waals surface area contributed by atoms with E-state index >= 15 is 0 Å². The summed E-state index contributed by atoms with van der Waals surface area (Å²) in [5.74, 6) is 0.811. The van der Waals surface area contributed by atoms with Crippen molar-refractivity contribution >= 4 is 17.7 Å². The number of amides is 1. The quantitative estimate of drug-likeness (QED) is 0.790. The molecule has 1 aliphatic rings. The second-order valence-electron chi connectivity index (χ2n) is 4.76. The molecule has 4 nitrogen and oxygen atoms in total. The fraction of sp³-hybridized carbons (Fsp3) is 0.917. The molecule has 19 heavy (non-hydrogen) atoms. The van der Waals surface area contributed by atoms with Crippen molar-refractivity contribution in [2.45, 2.75) is 25.3 Å². The largest absolute Gasteiger partial charge is 0.340 e. The van der Waals surface area contributed by atoms with Crippen molar-refractivity contribution in [1.29, 1.82) is 0 Å². The number of carbonyl (C=O) groups is 1. The highest BCUT2D eigenvalue weighted by Gasteiger charge is 2.24. The van der Waals surface area contributed by atoms with Crippen LogP contribution in [-0.2, 0) is 4.79 Å². The molecule has 1 aliphatic heterocycles. The Bertz CT molecular complexity index is 282. The molecule has 0 aliphatic carbocycles. The minimum Gasteiger partial charge on any atom is -0.340 e. The molecule has 0 radical (unpaired) electrons. The smallest absolute Gasteiger partial charge is 0.251 e. The van der Waals surface area contributed by atoms with Crippen LogP contribution in [0.25, 0.3) is 0 Å². The van der Waals surface area contributed by atoms with Gasteiger partial charge in [-0.2, -0.15) is 11.8 Å².